The third-order valence-corrected chi connectivity index (χ3v) is 4.76. The number of rotatable bonds is 5. The van der Waals surface area contributed by atoms with E-state index in [1.54, 1.807) is 0 Å². The molecule has 2 aliphatic rings. The molecule has 3 N–H and O–H groups in total. The van der Waals surface area contributed by atoms with Crippen LogP contribution < -0.4 is 11.1 Å². The van der Waals surface area contributed by atoms with E-state index in [0.717, 1.165) is 31.4 Å². The van der Waals surface area contributed by atoms with Gasteiger partial charge in [0, 0.05) is 31.6 Å². The van der Waals surface area contributed by atoms with Gasteiger partial charge in [0.25, 0.3) is 5.91 Å². The van der Waals surface area contributed by atoms with E-state index in [2.05, 4.69) is 15.3 Å². The lowest BCUT2D eigenvalue weighted by Gasteiger charge is -2.17. The zero-order valence-electron chi connectivity index (χ0n) is 13.4. The monoisotopic (exact) mass is 317 g/mol. The number of hydrogen-bond donors (Lipinski definition) is 2. The van der Waals surface area contributed by atoms with Gasteiger partial charge in [-0.25, -0.2) is 9.97 Å². The van der Waals surface area contributed by atoms with Crippen LogP contribution in [0.1, 0.15) is 61.0 Å². The van der Waals surface area contributed by atoms with Crippen LogP contribution in [0.25, 0.3) is 0 Å². The molecular formula is C16H23N5O2. The van der Waals surface area contributed by atoms with Crippen LogP contribution in [0.3, 0.4) is 0 Å². The SMILES string of the molecule is CCN1CC(Nc2ncc(C(N)=O)c(C3CCCC3)n2)CC1=O. The summed E-state index contributed by atoms with van der Waals surface area (Å²) >= 11 is 0. The maximum absolute atomic E-state index is 11.8. The number of carbonyl (C=O) groups excluding carboxylic acids is 2. The molecule has 1 atom stereocenters. The molecule has 1 aromatic heterocycles. The average Bonchev–Trinajstić information content (AvgIpc) is 3.16. The second kappa shape index (κ2) is 6.52. The predicted octanol–water partition coefficient (Wildman–Crippen LogP) is 1.27. The predicted molar refractivity (Wildman–Crippen MR) is 86.0 cm³/mol. The lowest BCUT2D eigenvalue weighted by atomic mass is 9.99. The molecule has 2 fully saturated rings. The van der Waals surface area contributed by atoms with E-state index in [1.807, 2.05) is 11.8 Å². The molecule has 1 aliphatic carbocycles. The maximum atomic E-state index is 11.8. The van der Waals surface area contributed by atoms with Gasteiger partial charge < -0.3 is 16.0 Å². The van der Waals surface area contributed by atoms with Gasteiger partial charge in [-0.15, -0.1) is 0 Å². The third-order valence-electron chi connectivity index (χ3n) is 4.76. The number of anilines is 1. The quantitative estimate of drug-likeness (QED) is 0.851. The van der Waals surface area contributed by atoms with Gasteiger partial charge in [-0.05, 0) is 19.8 Å². The van der Waals surface area contributed by atoms with E-state index in [1.165, 1.54) is 6.20 Å². The summed E-state index contributed by atoms with van der Waals surface area (Å²) in [7, 11) is 0. The Morgan fingerprint density at radius 2 is 2.17 bits per heavy atom. The molecule has 0 aromatic carbocycles. The summed E-state index contributed by atoms with van der Waals surface area (Å²) in [5, 5.41) is 3.23. The van der Waals surface area contributed by atoms with Crippen LogP contribution in [-0.4, -0.2) is 45.8 Å². The summed E-state index contributed by atoms with van der Waals surface area (Å²) in [5.41, 5.74) is 6.63. The van der Waals surface area contributed by atoms with Crippen molar-refractivity contribution in [3.05, 3.63) is 17.5 Å². The van der Waals surface area contributed by atoms with Crippen LogP contribution >= 0.6 is 0 Å². The zero-order chi connectivity index (χ0) is 16.4. The number of amides is 2. The summed E-state index contributed by atoms with van der Waals surface area (Å²) in [6, 6.07) is 0.0123. The number of carbonyl (C=O) groups is 2. The lowest BCUT2D eigenvalue weighted by molar-refractivity contribution is -0.127. The first-order valence-corrected chi connectivity index (χ1v) is 8.29. The van der Waals surface area contributed by atoms with Crippen molar-refractivity contribution in [3.63, 3.8) is 0 Å². The molecule has 7 nitrogen and oxygen atoms in total. The molecule has 1 unspecified atom stereocenters. The Bertz CT molecular complexity index is 612. The summed E-state index contributed by atoms with van der Waals surface area (Å²) in [4.78, 5) is 34.0. The Labute approximate surface area is 135 Å². The minimum absolute atomic E-state index is 0.0123. The van der Waals surface area contributed by atoms with Gasteiger partial charge in [-0.1, -0.05) is 12.8 Å². The van der Waals surface area contributed by atoms with E-state index in [-0.39, 0.29) is 17.9 Å². The van der Waals surface area contributed by atoms with E-state index in [9.17, 15) is 9.59 Å². The molecule has 124 valence electrons. The second-order valence-corrected chi connectivity index (χ2v) is 6.32. The molecular weight excluding hydrogens is 294 g/mol. The molecule has 0 spiro atoms. The van der Waals surface area contributed by atoms with Crippen LogP contribution in [0.15, 0.2) is 6.20 Å². The number of hydrogen-bond acceptors (Lipinski definition) is 5. The van der Waals surface area contributed by atoms with Gasteiger partial charge in [-0.2, -0.15) is 0 Å². The number of nitrogens with zero attached hydrogens (tertiary/aromatic N) is 3. The lowest BCUT2D eigenvalue weighted by Crippen LogP contribution is -2.28. The molecule has 1 aromatic rings. The van der Waals surface area contributed by atoms with Crippen LogP contribution in [0.5, 0.6) is 0 Å². The number of nitrogens with two attached hydrogens (primary N) is 1. The molecule has 23 heavy (non-hydrogen) atoms. The van der Waals surface area contributed by atoms with Crippen molar-refractivity contribution in [2.45, 2.75) is 51.0 Å². The first-order valence-electron chi connectivity index (χ1n) is 8.29. The smallest absolute Gasteiger partial charge is 0.252 e. The molecule has 3 rings (SSSR count). The van der Waals surface area contributed by atoms with Gasteiger partial charge in [-0.3, -0.25) is 9.59 Å². The van der Waals surface area contributed by atoms with Gasteiger partial charge >= 0.3 is 0 Å². The van der Waals surface area contributed by atoms with Gasteiger partial charge in [0.05, 0.1) is 17.3 Å². The Morgan fingerprint density at radius 3 is 2.78 bits per heavy atom. The van der Waals surface area contributed by atoms with Crippen LogP contribution in [0.2, 0.25) is 0 Å². The van der Waals surface area contributed by atoms with Crippen molar-refractivity contribution in [1.82, 2.24) is 14.9 Å². The molecule has 2 amide bonds. The third kappa shape index (κ3) is 3.28. The largest absolute Gasteiger partial charge is 0.365 e. The van der Waals surface area contributed by atoms with Gasteiger partial charge in [0.15, 0.2) is 0 Å². The molecule has 7 heteroatoms. The fraction of sp³-hybridized carbons (Fsp3) is 0.625. The first kappa shape index (κ1) is 15.7. The highest BCUT2D eigenvalue weighted by molar-refractivity contribution is 5.93. The van der Waals surface area contributed by atoms with E-state index >= 15 is 0 Å². The van der Waals surface area contributed by atoms with Gasteiger partial charge in [0.1, 0.15) is 0 Å². The number of primary amides is 1. The van der Waals surface area contributed by atoms with Crippen molar-refractivity contribution >= 4 is 17.8 Å². The standard InChI is InChI=1S/C16H23N5O2/c1-2-21-9-11(7-13(21)22)19-16-18-8-12(15(17)23)14(20-16)10-5-3-4-6-10/h8,10-11H,2-7,9H2,1H3,(H2,17,23)(H,18,19,20). The Hall–Kier alpha value is -2.18. The fourth-order valence-corrected chi connectivity index (χ4v) is 3.52. The maximum Gasteiger partial charge on any atom is 0.252 e. The first-order chi connectivity index (χ1) is 11.1. The molecule has 0 radical (unpaired) electrons. The molecule has 2 heterocycles. The van der Waals surface area contributed by atoms with Crippen LogP contribution in [0, 0.1) is 0 Å². The van der Waals surface area contributed by atoms with Crippen molar-refractivity contribution in [2.24, 2.45) is 5.73 Å². The fourth-order valence-electron chi connectivity index (χ4n) is 3.52. The van der Waals surface area contributed by atoms with Gasteiger partial charge in [0.2, 0.25) is 11.9 Å². The van der Waals surface area contributed by atoms with Crippen molar-refractivity contribution in [1.29, 1.82) is 0 Å². The normalized spacial score (nSPS) is 21.9. The van der Waals surface area contributed by atoms with Crippen molar-refractivity contribution in [2.75, 3.05) is 18.4 Å². The average molecular weight is 317 g/mol. The highest BCUT2D eigenvalue weighted by Crippen LogP contribution is 2.35. The highest BCUT2D eigenvalue weighted by Gasteiger charge is 2.29. The van der Waals surface area contributed by atoms with Crippen LogP contribution in [-0.2, 0) is 4.79 Å². The van der Waals surface area contributed by atoms with E-state index in [0.29, 0.717) is 31.0 Å². The summed E-state index contributed by atoms with van der Waals surface area (Å²) < 4.78 is 0. The zero-order valence-corrected chi connectivity index (χ0v) is 13.4. The summed E-state index contributed by atoms with van der Waals surface area (Å²) in [5.74, 6) is 0.424. The minimum atomic E-state index is -0.480. The number of nitrogens with one attached hydrogen (secondary N) is 1. The highest BCUT2D eigenvalue weighted by atomic mass is 16.2. The van der Waals surface area contributed by atoms with E-state index < -0.39 is 5.91 Å². The molecule has 1 saturated carbocycles. The summed E-state index contributed by atoms with van der Waals surface area (Å²) in [6.07, 6.45) is 6.33. The van der Waals surface area contributed by atoms with Crippen molar-refractivity contribution in [3.8, 4) is 0 Å². The Kier molecular flexibility index (Phi) is 4.45. The molecule has 0 bridgehead atoms. The van der Waals surface area contributed by atoms with E-state index in [4.69, 9.17) is 5.73 Å². The second-order valence-electron chi connectivity index (χ2n) is 6.32. The summed E-state index contributed by atoms with van der Waals surface area (Å²) in [6.45, 7) is 3.34. The molecule has 1 aliphatic heterocycles. The number of likely N-dealkylation sites (tertiary alicyclic amines) is 1. The van der Waals surface area contributed by atoms with Crippen LogP contribution in [0.4, 0.5) is 5.95 Å². The molecule has 1 saturated heterocycles. The van der Waals surface area contributed by atoms with Crippen molar-refractivity contribution < 1.29 is 9.59 Å². The minimum Gasteiger partial charge on any atom is -0.365 e. The Morgan fingerprint density at radius 1 is 1.43 bits per heavy atom. The Balaban J connectivity index is 1.79. The topological polar surface area (TPSA) is 101 Å². The number of likely N-dealkylation sites (N-methyl/N-ethyl adjacent to an activating group) is 1. The number of aromatic nitrogens is 2.